The van der Waals surface area contributed by atoms with Crippen LogP contribution in [0.1, 0.15) is 5.82 Å². The van der Waals surface area contributed by atoms with Crippen molar-refractivity contribution in [2.45, 2.75) is 6.92 Å². The minimum Gasteiger partial charge on any atom is -0.276 e. The smallest absolute Gasteiger partial charge is 0.179 e. The lowest BCUT2D eigenvalue weighted by atomic mass is 10.3. The van der Waals surface area contributed by atoms with Gasteiger partial charge >= 0.3 is 0 Å². The number of aromatic nitrogens is 4. The summed E-state index contributed by atoms with van der Waals surface area (Å²) in [5.41, 5.74) is 2.32. The molecule has 2 heterocycles. The van der Waals surface area contributed by atoms with Crippen LogP contribution in [0.4, 0.5) is 0 Å². The summed E-state index contributed by atoms with van der Waals surface area (Å²) in [6, 6.07) is 3.51. The van der Waals surface area contributed by atoms with E-state index < -0.39 is 0 Å². The molecule has 0 amide bonds. The Hall–Kier alpha value is -1.39. The average molecular weight is 253 g/mol. The van der Waals surface area contributed by atoms with Crippen molar-refractivity contribution in [3.63, 3.8) is 0 Å². The summed E-state index contributed by atoms with van der Waals surface area (Å²) in [7, 11) is 0. The molecule has 6 heteroatoms. The van der Waals surface area contributed by atoms with E-state index in [1.54, 1.807) is 18.3 Å². The van der Waals surface area contributed by atoms with Crippen molar-refractivity contribution in [1.29, 1.82) is 0 Å². The number of nitrogens with zero attached hydrogens (tertiary/aromatic N) is 4. The molecule has 0 aliphatic rings. The molecule has 0 saturated carbocycles. The number of fused-ring (bicyclic) bond motifs is 3. The highest BCUT2D eigenvalue weighted by Gasteiger charge is 2.08. The quantitative estimate of drug-likeness (QED) is 0.618. The Morgan fingerprint density at radius 2 is 1.88 bits per heavy atom. The van der Waals surface area contributed by atoms with Gasteiger partial charge < -0.3 is 0 Å². The van der Waals surface area contributed by atoms with E-state index in [9.17, 15) is 0 Å². The second kappa shape index (κ2) is 3.30. The lowest BCUT2D eigenvalue weighted by molar-refractivity contribution is 1.02. The van der Waals surface area contributed by atoms with Gasteiger partial charge in [-0.25, -0.2) is 0 Å². The van der Waals surface area contributed by atoms with Gasteiger partial charge in [0.1, 0.15) is 5.82 Å². The number of hydrogen-bond acceptors (Lipinski definition) is 3. The molecule has 0 spiro atoms. The fourth-order valence-corrected chi connectivity index (χ4v) is 2.01. The first-order valence-corrected chi connectivity index (χ1v) is 5.38. The normalized spacial score (nSPS) is 11.4. The summed E-state index contributed by atoms with van der Waals surface area (Å²) in [6.07, 6.45) is 1.66. The Morgan fingerprint density at radius 3 is 2.69 bits per heavy atom. The lowest BCUT2D eigenvalue weighted by Crippen LogP contribution is -1.93. The van der Waals surface area contributed by atoms with Gasteiger partial charge in [0.15, 0.2) is 5.65 Å². The number of halogens is 2. The minimum atomic E-state index is 0.492. The third-order valence-corrected chi connectivity index (χ3v) is 3.15. The van der Waals surface area contributed by atoms with Crippen molar-refractivity contribution in [2.75, 3.05) is 0 Å². The van der Waals surface area contributed by atoms with Crippen LogP contribution < -0.4 is 0 Å². The van der Waals surface area contributed by atoms with Crippen LogP contribution in [0.15, 0.2) is 18.3 Å². The number of hydrogen-bond donors (Lipinski definition) is 0. The van der Waals surface area contributed by atoms with Crippen molar-refractivity contribution in [1.82, 2.24) is 19.6 Å². The summed E-state index contributed by atoms with van der Waals surface area (Å²) in [6.45, 7) is 1.88. The fourth-order valence-electron chi connectivity index (χ4n) is 1.70. The summed E-state index contributed by atoms with van der Waals surface area (Å²) in [5, 5.41) is 8.98. The molecule has 0 aliphatic heterocycles. The van der Waals surface area contributed by atoms with E-state index in [1.165, 1.54) is 0 Å². The van der Waals surface area contributed by atoms with Crippen LogP contribution in [-0.4, -0.2) is 19.6 Å². The predicted molar refractivity (Wildman–Crippen MR) is 63.0 cm³/mol. The molecule has 1 aromatic carbocycles. The largest absolute Gasteiger partial charge is 0.276 e. The van der Waals surface area contributed by atoms with Crippen LogP contribution >= 0.6 is 23.2 Å². The van der Waals surface area contributed by atoms with E-state index in [-0.39, 0.29) is 0 Å². The molecule has 16 heavy (non-hydrogen) atoms. The monoisotopic (exact) mass is 252 g/mol. The van der Waals surface area contributed by atoms with Crippen molar-refractivity contribution >= 4 is 39.9 Å². The summed E-state index contributed by atoms with van der Waals surface area (Å²) >= 11 is 11.9. The Morgan fingerprint density at radius 1 is 1.12 bits per heavy atom. The highest BCUT2D eigenvalue weighted by Crippen LogP contribution is 2.27. The molecule has 0 radical (unpaired) electrons. The average Bonchev–Trinajstić information content (AvgIpc) is 2.63. The Kier molecular flexibility index (Phi) is 2.02. The molecule has 4 nitrogen and oxygen atoms in total. The molecule has 3 aromatic rings. The molecule has 0 atom stereocenters. The maximum absolute atomic E-state index is 5.99. The van der Waals surface area contributed by atoms with Gasteiger partial charge in [-0.3, -0.25) is 9.38 Å². The van der Waals surface area contributed by atoms with Gasteiger partial charge in [0, 0.05) is 0 Å². The number of aryl methyl sites for hydroxylation is 1. The first kappa shape index (κ1) is 9.81. The first-order valence-electron chi connectivity index (χ1n) is 4.62. The SMILES string of the molecule is Cc1nnc2cnc3cc(Cl)c(Cl)cc3n12. The minimum absolute atomic E-state index is 0.492. The van der Waals surface area contributed by atoms with E-state index in [4.69, 9.17) is 23.2 Å². The van der Waals surface area contributed by atoms with Crippen LogP contribution in [0.2, 0.25) is 10.0 Å². The lowest BCUT2D eigenvalue weighted by Gasteiger charge is -2.03. The number of rotatable bonds is 0. The molecular formula is C10H6Cl2N4. The molecule has 80 valence electrons. The number of benzene rings is 1. The van der Waals surface area contributed by atoms with Crippen molar-refractivity contribution in [3.05, 3.63) is 34.2 Å². The van der Waals surface area contributed by atoms with E-state index >= 15 is 0 Å². The van der Waals surface area contributed by atoms with Crippen LogP contribution in [0, 0.1) is 6.92 Å². The maximum atomic E-state index is 5.99. The molecule has 0 unspecified atom stereocenters. The second-order valence-corrected chi connectivity index (χ2v) is 4.27. The molecule has 0 fully saturated rings. The molecule has 2 aromatic heterocycles. The van der Waals surface area contributed by atoms with E-state index in [0.29, 0.717) is 15.7 Å². The third-order valence-electron chi connectivity index (χ3n) is 2.43. The Balaban J connectivity index is 2.58. The summed E-state index contributed by atoms with van der Waals surface area (Å²) in [4.78, 5) is 4.26. The molecule has 0 N–H and O–H groups in total. The van der Waals surface area contributed by atoms with E-state index in [2.05, 4.69) is 15.2 Å². The van der Waals surface area contributed by atoms with Gasteiger partial charge in [0.05, 0.1) is 27.3 Å². The molecule has 0 aliphatic carbocycles. The summed E-state index contributed by atoms with van der Waals surface area (Å²) < 4.78 is 1.89. The van der Waals surface area contributed by atoms with Gasteiger partial charge in [-0.2, -0.15) is 0 Å². The highest BCUT2D eigenvalue weighted by atomic mass is 35.5. The third kappa shape index (κ3) is 1.27. The second-order valence-electron chi connectivity index (χ2n) is 3.45. The zero-order chi connectivity index (χ0) is 11.3. The molecule has 0 saturated heterocycles. The standard InChI is InChI=1S/C10H6Cl2N4/c1-5-14-15-10-4-13-8-2-6(11)7(12)3-9(8)16(5)10/h2-4H,1H3. The fraction of sp³-hybridized carbons (Fsp3) is 0.100. The van der Waals surface area contributed by atoms with Crippen molar-refractivity contribution < 1.29 is 0 Å². The molecule has 3 rings (SSSR count). The summed E-state index contributed by atoms with van der Waals surface area (Å²) in [5.74, 6) is 0.792. The maximum Gasteiger partial charge on any atom is 0.179 e. The molecular weight excluding hydrogens is 247 g/mol. The Bertz CT molecular complexity index is 705. The highest BCUT2D eigenvalue weighted by molar-refractivity contribution is 6.42. The predicted octanol–water partition coefficient (Wildman–Crippen LogP) is 2.89. The van der Waals surface area contributed by atoms with Gasteiger partial charge in [0.25, 0.3) is 0 Å². The van der Waals surface area contributed by atoms with Crippen molar-refractivity contribution in [2.24, 2.45) is 0 Å². The zero-order valence-electron chi connectivity index (χ0n) is 8.28. The van der Waals surface area contributed by atoms with Crippen LogP contribution in [0.5, 0.6) is 0 Å². The van der Waals surface area contributed by atoms with Gasteiger partial charge in [-0.05, 0) is 19.1 Å². The van der Waals surface area contributed by atoms with E-state index in [0.717, 1.165) is 16.9 Å². The first-order chi connectivity index (χ1) is 7.66. The molecule has 0 bridgehead atoms. The Labute approximate surface area is 101 Å². The van der Waals surface area contributed by atoms with E-state index in [1.807, 2.05) is 11.3 Å². The van der Waals surface area contributed by atoms with Crippen LogP contribution in [-0.2, 0) is 0 Å². The van der Waals surface area contributed by atoms with Gasteiger partial charge in [0.2, 0.25) is 0 Å². The topological polar surface area (TPSA) is 43.1 Å². The van der Waals surface area contributed by atoms with Crippen LogP contribution in [0.3, 0.4) is 0 Å². The zero-order valence-corrected chi connectivity index (χ0v) is 9.79. The van der Waals surface area contributed by atoms with Gasteiger partial charge in [-0.15, -0.1) is 10.2 Å². The van der Waals surface area contributed by atoms with Crippen LogP contribution in [0.25, 0.3) is 16.7 Å². The van der Waals surface area contributed by atoms with Gasteiger partial charge in [-0.1, -0.05) is 23.2 Å². The van der Waals surface area contributed by atoms with Crippen molar-refractivity contribution in [3.8, 4) is 0 Å².